The summed E-state index contributed by atoms with van der Waals surface area (Å²) in [5.74, 6) is 1.58. The highest BCUT2D eigenvalue weighted by molar-refractivity contribution is 7.00. The lowest BCUT2D eigenvalue weighted by atomic mass is 9.33. The summed E-state index contributed by atoms with van der Waals surface area (Å²) in [5, 5.41) is 2.25. The minimum Gasteiger partial charge on any atom is -0.486 e. The van der Waals surface area contributed by atoms with Gasteiger partial charge in [-0.05, 0) is 181 Å². The number of anilines is 6. The van der Waals surface area contributed by atoms with Gasteiger partial charge >= 0.3 is 0 Å². The summed E-state index contributed by atoms with van der Waals surface area (Å²) >= 11 is 0. The molecule has 9 aromatic carbocycles. The zero-order valence-electron chi connectivity index (χ0n) is 46.7. The van der Waals surface area contributed by atoms with Crippen molar-refractivity contribution in [3.8, 4) is 44.9 Å². The van der Waals surface area contributed by atoms with Gasteiger partial charge in [0.05, 0.1) is 11.4 Å². The van der Waals surface area contributed by atoms with Gasteiger partial charge in [0.15, 0.2) is 11.5 Å². The summed E-state index contributed by atoms with van der Waals surface area (Å²) < 4.78 is 19.8. The molecule has 0 N–H and O–H groups in total. The monoisotopic (exact) mass is 1010 g/mol. The molecule has 0 bridgehead atoms. The summed E-state index contributed by atoms with van der Waals surface area (Å²) in [5.41, 5.74) is 26.7. The van der Waals surface area contributed by atoms with Crippen LogP contribution in [0.15, 0.2) is 168 Å². The molecule has 3 aliphatic rings. The van der Waals surface area contributed by atoms with E-state index in [2.05, 4.69) is 251 Å². The van der Waals surface area contributed by atoms with Crippen molar-refractivity contribution in [3.05, 3.63) is 197 Å². The molecule has 0 spiro atoms. The van der Waals surface area contributed by atoms with Gasteiger partial charge in [-0.15, -0.1) is 0 Å². The quantitative estimate of drug-likeness (QED) is 0.161. The van der Waals surface area contributed by atoms with Crippen molar-refractivity contribution >= 4 is 79.2 Å². The van der Waals surface area contributed by atoms with Crippen molar-refractivity contribution in [3.63, 3.8) is 0 Å². The molecular weight excluding hydrogens is 940 g/mol. The number of para-hydroxylation sites is 1. The fourth-order valence-corrected chi connectivity index (χ4v) is 12.5. The highest BCUT2D eigenvalue weighted by atomic mass is 16.6. The van der Waals surface area contributed by atoms with Crippen molar-refractivity contribution in [2.75, 3.05) is 23.0 Å². The molecule has 77 heavy (non-hydrogen) atoms. The molecule has 382 valence electrons. The molecule has 3 aliphatic heterocycles. The first-order valence-corrected chi connectivity index (χ1v) is 27.5. The Bertz CT molecular complexity index is 3930. The lowest BCUT2D eigenvalue weighted by molar-refractivity contribution is 0.172. The Morgan fingerprint density at radius 2 is 0.961 bits per heavy atom. The Morgan fingerprint density at radius 3 is 1.60 bits per heavy atom. The molecule has 6 heteroatoms. The molecule has 0 radical (unpaired) electrons. The molecular formula is C71H67BN2O3. The maximum atomic E-state index is 6.81. The van der Waals surface area contributed by atoms with Crippen molar-refractivity contribution in [1.82, 2.24) is 0 Å². The molecule has 1 aromatic heterocycles. The van der Waals surface area contributed by atoms with Gasteiger partial charge in [-0.3, -0.25) is 0 Å². The zero-order valence-corrected chi connectivity index (χ0v) is 46.7. The molecule has 10 aromatic rings. The van der Waals surface area contributed by atoms with Gasteiger partial charge in [0, 0.05) is 33.5 Å². The number of hydrogen-bond donors (Lipinski definition) is 0. The van der Waals surface area contributed by atoms with Gasteiger partial charge in [-0.1, -0.05) is 165 Å². The van der Waals surface area contributed by atoms with Gasteiger partial charge in [-0.25, -0.2) is 0 Å². The third kappa shape index (κ3) is 8.13. The first-order chi connectivity index (χ1) is 36.8. The molecule has 0 fully saturated rings. The van der Waals surface area contributed by atoms with Crippen molar-refractivity contribution in [2.45, 2.75) is 99.3 Å². The largest absolute Gasteiger partial charge is 0.486 e. The number of nitrogens with zero attached hydrogens (tertiary/aromatic N) is 2. The third-order valence-corrected chi connectivity index (χ3v) is 16.5. The number of fused-ring (bicyclic) bond motifs is 9. The van der Waals surface area contributed by atoms with Crippen LogP contribution >= 0.6 is 0 Å². The number of aryl methyl sites for hydroxylation is 3. The van der Waals surface area contributed by atoms with Gasteiger partial charge in [0.1, 0.15) is 24.4 Å². The zero-order chi connectivity index (χ0) is 53.4. The molecule has 0 atom stereocenters. The Hall–Kier alpha value is -7.96. The lowest BCUT2D eigenvalue weighted by Gasteiger charge is -2.46. The van der Waals surface area contributed by atoms with Crippen LogP contribution in [0.3, 0.4) is 0 Å². The minimum absolute atomic E-state index is 0.0188. The molecule has 4 heterocycles. The van der Waals surface area contributed by atoms with E-state index in [9.17, 15) is 0 Å². The van der Waals surface area contributed by atoms with E-state index >= 15 is 0 Å². The van der Waals surface area contributed by atoms with E-state index in [4.69, 9.17) is 13.9 Å². The predicted molar refractivity (Wildman–Crippen MR) is 325 cm³/mol. The molecule has 13 rings (SSSR count). The third-order valence-electron chi connectivity index (χ3n) is 16.5. The van der Waals surface area contributed by atoms with Crippen LogP contribution < -0.4 is 35.7 Å². The van der Waals surface area contributed by atoms with Crippen molar-refractivity contribution in [2.24, 2.45) is 0 Å². The normalized spacial score (nSPS) is 14.0. The number of furan rings is 1. The van der Waals surface area contributed by atoms with E-state index in [0.717, 1.165) is 84.1 Å². The van der Waals surface area contributed by atoms with E-state index in [1.807, 2.05) is 6.07 Å². The average Bonchev–Trinajstić information content (AvgIpc) is 3.99. The fraction of sp³-hybridized carbons (Fsp3) is 0.239. The number of rotatable bonds is 5. The Labute approximate surface area is 455 Å². The van der Waals surface area contributed by atoms with Crippen LogP contribution in [0.4, 0.5) is 34.1 Å². The lowest BCUT2D eigenvalue weighted by Crippen LogP contribution is -2.61. The van der Waals surface area contributed by atoms with Crippen LogP contribution in [0.1, 0.15) is 95.7 Å². The predicted octanol–water partition coefficient (Wildman–Crippen LogP) is 17.3. The average molecular weight is 1010 g/mol. The molecule has 0 unspecified atom stereocenters. The van der Waals surface area contributed by atoms with Crippen molar-refractivity contribution < 1.29 is 13.9 Å². The summed E-state index contributed by atoms with van der Waals surface area (Å²) in [7, 11) is 0. The summed E-state index contributed by atoms with van der Waals surface area (Å²) in [4.78, 5) is 5.10. The number of hydrogen-bond acceptors (Lipinski definition) is 5. The van der Waals surface area contributed by atoms with Gasteiger partial charge in [-0.2, -0.15) is 0 Å². The van der Waals surface area contributed by atoms with Gasteiger partial charge in [0.2, 0.25) is 0 Å². The molecule has 0 aliphatic carbocycles. The smallest absolute Gasteiger partial charge is 0.252 e. The maximum Gasteiger partial charge on any atom is 0.252 e. The molecule has 5 nitrogen and oxygen atoms in total. The highest BCUT2D eigenvalue weighted by Crippen LogP contribution is 2.53. The Morgan fingerprint density at radius 1 is 0.416 bits per heavy atom. The second-order valence-corrected chi connectivity index (χ2v) is 25.1. The summed E-state index contributed by atoms with van der Waals surface area (Å²) in [6.07, 6.45) is 0. The van der Waals surface area contributed by atoms with E-state index in [1.54, 1.807) is 0 Å². The molecule has 0 saturated heterocycles. The van der Waals surface area contributed by atoms with Gasteiger partial charge in [0.25, 0.3) is 6.71 Å². The SMILES string of the molecule is Cc1cc2c3c(c1)N(c1c(C)cc(C(C)(C)C)cc1C)c1c(ccc4c1OCCO4)B3c1ccc(-c3ccc4c(c3)oc3ccccc34)cc1N2c1cc(-c2ccc(C(C)(C)C)cc2)cc(-c2ccc(C(C)(C)C)cc2)c1. The first kappa shape index (κ1) is 48.7. The van der Waals surface area contributed by atoms with E-state index in [1.165, 1.54) is 66.6 Å². The van der Waals surface area contributed by atoms with Crippen LogP contribution in [0.5, 0.6) is 11.5 Å². The first-order valence-electron chi connectivity index (χ1n) is 27.5. The topological polar surface area (TPSA) is 38.1 Å². The van der Waals surface area contributed by atoms with Crippen LogP contribution in [0, 0.1) is 20.8 Å². The van der Waals surface area contributed by atoms with Gasteiger partial charge < -0.3 is 23.7 Å². The van der Waals surface area contributed by atoms with Crippen LogP contribution in [0.25, 0.3) is 55.3 Å². The van der Waals surface area contributed by atoms with Crippen LogP contribution in [-0.2, 0) is 16.2 Å². The van der Waals surface area contributed by atoms with E-state index in [-0.39, 0.29) is 23.0 Å². The summed E-state index contributed by atoms with van der Waals surface area (Å²) in [6, 6.07) is 61.9. The standard InChI is InChI=1S/C71H67BN2O3/c1-42-33-60-65-61(34-42)74(66-43(2)35-53(36-44(66)3)71(10,11)12)67-58(29-30-63-68(67)76-32-31-75-63)72(65)57-28-22-47(48-21-27-56-55-15-13-14-16-62(55)77-64(56)41-48)40-59(57)73(60)54-38-49(45-17-23-51(24-18-45)69(4,5)6)37-50(39-54)46-19-25-52(26-20-46)70(7,8)9/h13-30,33-41H,31-32H2,1-12H3. The Balaban J connectivity index is 1.10. The maximum absolute atomic E-state index is 6.81. The summed E-state index contributed by atoms with van der Waals surface area (Å²) in [6.45, 7) is 28.3. The van der Waals surface area contributed by atoms with E-state index in [0.29, 0.717) is 13.2 Å². The van der Waals surface area contributed by atoms with Crippen LogP contribution in [-0.4, -0.2) is 19.9 Å². The molecule has 0 saturated carbocycles. The number of ether oxygens (including phenoxy) is 2. The molecule has 0 amide bonds. The van der Waals surface area contributed by atoms with Crippen LogP contribution in [0.2, 0.25) is 0 Å². The van der Waals surface area contributed by atoms with Crippen molar-refractivity contribution in [1.29, 1.82) is 0 Å². The number of benzene rings is 9. The second kappa shape index (κ2) is 17.5. The minimum atomic E-state index is -0.132. The Kier molecular flexibility index (Phi) is 11.1. The van der Waals surface area contributed by atoms with E-state index < -0.39 is 0 Å². The highest BCUT2D eigenvalue weighted by Gasteiger charge is 2.46. The fourth-order valence-electron chi connectivity index (χ4n) is 12.5. The second-order valence-electron chi connectivity index (χ2n) is 25.1.